The fourth-order valence-electron chi connectivity index (χ4n) is 1.95. The molecule has 5 nitrogen and oxygen atoms in total. The van der Waals surface area contributed by atoms with Crippen LogP contribution in [0.15, 0.2) is 18.2 Å². The van der Waals surface area contributed by atoms with Gasteiger partial charge in [0.2, 0.25) is 0 Å². The number of esters is 1. The van der Waals surface area contributed by atoms with E-state index in [0.29, 0.717) is 10.0 Å². The molecule has 20 heavy (non-hydrogen) atoms. The van der Waals surface area contributed by atoms with Crippen molar-refractivity contribution in [2.45, 2.75) is 25.4 Å². The molecule has 1 heterocycles. The van der Waals surface area contributed by atoms with Crippen LogP contribution < -0.4 is 10.6 Å². The maximum Gasteiger partial charge on any atom is 0.315 e. The van der Waals surface area contributed by atoms with Crippen LogP contribution in [-0.2, 0) is 9.53 Å². The van der Waals surface area contributed by atoms with Crippen molar-refractivity contribution in [3.63, 3.8) is 0 Å². The highest BCUT2D eigenvalue weighted by atomic mass is 35.5. The van der Waals surface area contributed by atoms with Gasteiger partial charge >= 0.3 is 12.0 Å². The SMILES string of the molecule is C[C@@H](NC(=O)N[C@@H]1COC(=O)C1)c1cc(Cl)ccc1Cl. The number of hydrogen-bond donors (Lipinski definition) is 2. The van der Waals surface area contributed by atoms with Crippen LogP contribution in [-0.4, -0.2) is 24.6 Å². The maximum absolute atomic E-state index is 11.8. The van der Waals surface area contributed by atoms with Crippen LogP contribution >= 0.6 is 23.2 Å². The first-order valence-corrected chi connectivity index (χ1v) is 6.89. The molecular formula is C13H14Cl2N2O3. The number of carbonyl (C=O) groups excluding carboxylic acids is 2. The second kappa shape index (κ2) is 6.33. The molecule has 1 fully saturated rings. The lowest BCUT2D eigenvalue weighted by molar-refractivity contribution is -0.137. The number of hydrogen-bond acceptors (Lipinski definition) is 3. The lowest BCUT2D eigenvalue weighted by atomic mass is 10.1. The smallest absolute Gasteiger partial charge is 0.315 e. The van der Waals surface area contributed by atoms with Gasteiger partial charge in [-0.3, -0.25) is 4.79 Å². The molecule has 1 aliphatic rings. The number of benzene rings is 1. The molecule has 0 aromatic heterocycles. The van der Waals surface area contributed by atoms with E-state index < -0.39 is 0 Å². The van der Waals surface area contributed by atoms with Gasteiger partial charge in [0.15, 0.2) is 0 Å². The van der Waals surface area contributed by atoms with Crippen molar-refractivity contribution >= 4 is 35.2 Å². The summed E-state index contributed by atoms with van der Waals surface area (Å²) >= 11 is 12.0. The summed E-state index contributed by atoms with van der Waals surface area (Å²) in [5.74, 6) is -0.304. The van der Waals surface area contributed by atoms with Gasteiger partial charge in [-0.05, 0) is 30.7 Å². The van der Waals surface area contributed by atoms with E-state index in [1.54, 1.807) is 25.1 Å². The second-order valence-electron chi connectivity index (χ2n) is 4.59. The van der Waals surface area contributed by atoms with E-state index in [1.165, 1.54) is 0 Å². The molecule has 1 aromatic rings. The summed E-state index contributed by atoms with van der Waals surface area (Å²) in [6.45, 7) is 2.01. The summed E-state index contributed by atoms with van der Waals surface area (Å²) in [5.41, 5.74) is 0.730. The fraction of sp³-hybridized carbons (Fsp3) is 0.385. The van der Waals surface area contributed by atoms with Crippen molar-refractivity contribution in [1.82, 2.24) is 10.6 Å². The molecule has 0 saturated carbocycles. The highest BCUT2D eigenvalue weighted by molar-refractivity contribution is 6.33. The molecule has 7 heteroatoms. The highest BCUT2D eigenvalue weighted by Crippen LogP contribution is 2.26. The van der Waals surface area contributed by atoms with E-state index in [0.717, 1.165) is 5.56 Å². The summed E-state index contributed by atoms with van der Waals surface area (Å²) in [4.78, 5) is 22.8. The Hall–Kier alpha value is -1.46. The van der Waals surface area contributed by atoms with Gasteiger partial charge in [-0.25, -0.2) is 4.79 Å². The number of urea groups is 1. The molecular weight excluding hydrogens is 303 g/mol. The van der Waals surface area contributed by atoms with Gasteiger partial charge in [0.05, 0.1) is 18.5 Å². The van der Waals surface area contributed by atoms with Gasteiger partial charge < -0.3 is 15.4 Å². The molecule has 1 aliphatic heterocycles. The van der Waals surface area contributed by atoms with Crippen LogP contribution in [0, 0.1) is 0 Å². The van der Waals surface area contributed by atoms with Crippen molar-refractivity contribution in [3.05, 3.63) is 33.8 Å². The minimum atomic E-state index is -0.378. The van der Waals surface area contributed by atoms with Gasteiger partial charge in [-0.2, -0.15) is 0 Å². The summed E-state index contributed by atoms with van der Waals surface area (Å²) in [5, 5.41) is 6.50. The van der Waals surface area contributed by atoms with E-state index in [2.05, 4.69) is 10.6 Å². The Kier molecular flexibility index (Phi) is 4.73. The first-order chi connectivity index (χ1) is 9.45. The quantitative estimate of drug-likeness (QED) is 0.842. The number of ether oxygens (including phenoxy) is 1. The van der Waals surface area contributed by atoms with Gasteiger partial charge in [-0.1, -0.05) is 23.2 Å². The van der Waals surface area contributed by atoms with E-state index in [1.807, 2.05) is 0 Å². The molecule has 0 aliphatic carbocycles. The fourth-order valence-corrected chi connectivity index (χ4v) is 2.41. The maximum atomic E-state index is 11.8. The molecule has 1 aromatic carbocycles. The Labute approximate surface area is 126 Å². The zero-order valence-electron chi connectivity index (χ0n) is 10.8. The van der Waals surface area contributed by atoms with Crippen molar-refractivity contribution in [2.75, 3.05) is 6.61 Å². The van der Waals surface area contributed by atoms with E-state index in [9.17, 15) is 9.59 Å². The van der Waals surface area contributed by atoms with Crippen molar-refractivity contribution in [1.29, 1.82) is 0 Å². The Balaban J connectivity index is 1.93. The summed E-state index contributed by atoms with van der Waals surface area (Å²) in [6, 6.07) is 4.10. The Bertz CT molecular complexity index is 536. The van der Waals surface area contributed by atoms with Crippen LogP contribution in [0.1, 0.15) is 24.9 Å². The lowest BCUT2D eigenvalue weighted by Gasteiger charge is -2.18. The Morgan fingerprint density at radius 3 is 2.85 bits per heavy atom. The van der Waals surface area contributed by atoms with E-state index >= 15 is 0 Å². The molecule has 0 spiro atoms. The number of amides is 2. The third kappa shape index (κ3) is 3.77. The minimum absolute atomic E-state index is 0.194. The molecule has 1 saturated heterocycles. The van der Waals surface area contributed by atoms with Crippen molar-refractivity contribution in [2.24, 2.45) is 0 Å². The molecule has 2 N–H and O–H groups in total. The minimum Gasteiger partial charge on any atom is -0.463 e. The molecule has 0 radical (unpaired) electrons. The van der Waals surface area contributed by atoms with Crippen LogP contribution in [0.2, 0.25) is 10.0 Å². The zero-order chi connectivity index (χ0) is 14.7. The zero-order valence-corrected chi connectivity index (χ0v) is 12.3. The van der Waals surface area contributed by atoms with Crippen LogP contribution in [0.25, 0.3) is 0 Å². The molecule has 0 unspecified atom stereocenters. The molecule has 0 bridgehead atoms. The Morgan fingerprint density at radius 1 is 1.45 bits per heavy atom. The van der Waals surface area contributed by atoms with Gasteiger partial charge in [0.25, 0.3) is 0 Å². The summed E-state index contributed by atoms with van der Waals surface area (Å²) in [6.07, 6.45) is 0.194. The van der Waals surface area contributed by atoms with Crippen molar-refractivity contribution in [3.8, 4) is 0 Å². The van der Waals surface area contributed by atoms with Crippen LogP contribution in [0.3, 0.4) is 0 Å². The highest BCUT2D eigenvalue weighted by Gasteiger charge is 2.25. The first kappa shape index (κ1) is 14.9. The topological polar surface area (TPSA) is 67.4 Å². The number of cyclic esters (lactones) is 1. The second-order valence-corrected chi connectivity index (χ2v) is 5.43. The average Bonchev–Trinajstić information content (AvgIpc) is 2.77. The standard InChI is InChI=1S/C13H14Cl2N2O3/c1-7(10-4-8(14)2-3-11(10)15)16-13(19)17-9-5-12(18)20-6-9/h2-4,7,9H,5-6H2,1H3,(H2,16,17,19)/t7-,9+/m1/s1. The number of rotatable bonds is 3. The Morgan fingerprint density at radius 2 is 2.20 bits per heavy atom. The van der Waals surface area contributed by atoms with E-state index in [4.69, 9.17) is 27.9 Å². The molecule has 2 rings (SSSR count). The third-order valence-electron chi connectivity index (χ3n) is 2.97. The molecule has 2 atom stereocenters. The average molecular weight is 317 g/mol. The third-order valence-corrected chi connectivity index (χ3v) is 3.55. The predicted octanol–water partition coefficient (Wildman–Crippen LogP) is 2.67. The van der Waals surface area contributed by atoms with Crippen LogP contribution in [0.5, 0.6) is 0 Å². The van der Waals surface area contributed by atoms with Crippen LogP contribution in [0.4, 0.5) is 4.79 Å². The summed E-state index contributed by atoms with van der Waals surface area (Å²) in [7, 11) is 0. The lowest BCUT2D eigenvalue weighted by Crippen LogP contribution is -2.43. The normalized spacial score (nSPS) is 19.4. The largest absolute Gasteiger partial charge is 0.463 e. The van der Waals surface area contributed by atoms with E-state index in [-0.39, 0.29) is 37.1 Å². The van der Waals surface area contributed by atoms with Crippen molar-refractivity contribution < 1.29 is 14.3 Å². The number of nitrogens with one attached hydrogen (secondary N) is 2. The predicted molar refractivity (Wildman–Crippen MR) is 75.9 cm³/mol. The monoisotopic (exact) mass is 316 g/mol. The van der Waals surface area contributed by atoms with Gasteiger partial charge in [0, 0.05) is 10.0 Å². The first-order valence-electron chi connectivity index (χ1n) is 6.13. The number of carbonyl (C=O) groups is 2. The van der Waals surface area contributed by atoms with Gasteiger partial charge in [-0.15, -0.1) is 0 Å². The van der Waals surface area contributed by atoms with Gasteiger partial charge in [0.1, 0.15) is 6.61 Å². The number of halogens is 2. The molecule has 108 valence electrons. The summed E-state index contributed by atoms with van der Waals surface area (Å²) < 4.78 is 4.77. The molecule has 2 amide bonds.